The molecule has 0 unspecified atom stereocenters. The fourth-order valence-corrected chi connectivity index (χ4v) is 4.33. The van der Waals surface area contributed by atoms with E-state index in [0.717, 1.165) is 52.4 Å². The molecule has 0 aliphatic rings. The van der Waals surface area contributed by atoms with Gasteiger partial charge in [0.25, 0.3) is 0 Å². The fourth-order valence-electron chi connectivity index (χ4n) is 4.33. The Hall–Kier alpha value is -0.200. The first-order valence-corrected chi connectivity index (χ1v) is 13.4. The first kappa shape index (κ1) is 31.8. The van der Waals surface area contributed by atoms with Crippen LogP contribution >= 0.6 is 0 Å². The first-order chi connectivity index (χ1) is 14.7. The minimum Gasteiger partial charge on any atom is -0.311 e. The van der Waals surface area contributed by atoms with Crippen LogP contribution in [0.3, 0.4) is 0 Å². The van der Waals surface area contributed by atoms with Crippen LogP contribution in [0.4, 0.5) is 0 Å². The molecule has 0 atom stereocenters. The topological polar surface area (TPSA) is 25.0 Å². The monoisotopic (exact) mass is 455 g/mol. The molecule has 0 aromatic carbocycles. The van der Waals surface area contributed by atoms with Crippen molar-refractivity contribution >= 4 is 0 Å². The van der Waals surface area contributed by atoms with Crippen LogP contribution in [0.15, 0.2) is 0 Å². The van der Waals surface area contributed by atoms with Gasteiger partial charge in [-0.3, -0.25) is 19.6 Å². The van der Waals surface area contributed by atoms with Gasteiger partial charge in [-0.05, 0) is 90.0 Å². The molecule has 0 fully saturated rings. The minimum absolute atomic E-state index is 0.188. The van der Waals surface area contributed by atoms with E-state index in [4.69, 9.17) is 0 Å². The Morgan fingerprint density at radius 2 is 0.781 bits per heavy atom. The van der Waals surface area contributed by atoms with Gasteiger partial charge in [-0.25, -0.2) is 0 Å². The zero-order chi connectivity index (χ0) is 25.1. The van der Waals surface area contributed by atoms with E-state index < -0.39 is 0 Å². The summed E-state index contributed by atoms with van der Waals surface area (Å²) in [6.45, 7) is 39.1. The maximum atomic E-state index is 3.64. The van der Waals surface area contributed by atoms with E-state index in [2.05, 4.69) is 115 Å². The zero-order valence-corrected chi connectivity index (χ0v) is 24.3. The average Bonchev–Trinajstić information content (AvgIpc) is 2.62. The van der Waals surface area contributed by atoms with E-state index in [0.29, 0.717) is 30.2 Å². The molecule has 0 heterocycles. The Morgan fingerprint density at radius 1 is 0.469 bits per heavy atom. The van der Waals surface area contributed by atoms with Crippen LogP contribution in [0.2, 0.25) is 0 Å². The summed E-state index contributed by atoms with van der Waals surface area (Å²) in [7, 11) is 0. The molecule has 0 aromatic heterocycles. The maximum Gasteiger partial charge on any atom is 0.0115 e. The van der Waals surface area contributed by atoms with Gasteiger partial charge in [0.05, 0.1) is 0 Å². The van der Waals surface area contributed by atoms with Gasteiger partial charge in [-0.15, -0.1) is 0 Å². The van der Waals surface area contributed by atoms with Crippen LogP contribution in [-0.4, -0.2) is 108 Å². The number of nitrogens with zero attached hydrogens (tertiary/aromatic N) is 4. The lowest BCUT2D eigenvalue weighted by Crippen LogP contribution is -2.49. The molecule has 0 aliphatic carbocycles. The van der Waals surface area contributed by atoms with Crippen molar-refractivity contribution in [2.24, 2.45) is 0 Å². The lowest BCUT2D eigenvalue weighted by molar-refractivity contribution is 0.105. The number of nitrogens with one attached hydrogen (secondary N) is 1. The summed E-state index contributed by atoms with van der Waals surface area (Å²) in [6.07, 6.45) is 0. The molecular weight excluding hydrogens is 394 g/mol. The van der Waals surface area contributed by atoms with Gasteiger partial charge < -0.3 is 5.32 Å². The zero-order valence-electron chi connectivity index (χ0n) is 24.3. The third-order valence-corrected chi connectivity index (χ3v) is 6.57. The second-order valence-electron chi connectivity index (χ2n) is 12.0. The van der Waals surface area contributed by atoms with Crippen molar-refractivity contribution in [3.63, 3.8) is 0 Å². The molecule has 0 saturated carbocycles. The fraction of sp³-hybridized carbons (Fsp3) is 1.00. The summed E-state index contributed by atoms with van der Waals surface area (Å²) >= 11 is 0. The third kappa shape index (κ3) is 14.1. The van der Waals surface area contributed by atoms with Gasteiger partial charge in [0.1, 0.15) is 0 Å². The minimum atomic E-state index is 0.188. The van der Waals surface area contributed by atoms with Crippen LogP contribution in [0.25, 0.3) is 0 Å². The van der Waals surface area contributed by atoms with Crippen molar-refractivity contribution in [2.75, 3.05) is 52.4 Å². The summed E-state index contributed by atoms with van der Waals surface area (Å²) in [5.41, 5.74) is 0.188. The van der Waals surface area contributed by atoms with E-state index in [1.54, 1.807) is 0 Å². The highest BCUT2D eigenvalue weighted by molar-refractivity contribution is 4.76. The molecule has 0 bridgehead atoms. The van der Waals surface area contributed by atoms with E-state index in [-0.39, 0.29) is 5.54 Å². The summed E-state index contributed by atoms with van der Waals surface area (Å²) in [5, 5.41) is 3.64. The van der Waals surface area contributed by atoms with Crippen molar-refractivity contribution in [1.82, 2.24) is 24.9 Å². The molecule has 0 amide bonds. The standard InChI is InChI=1S/C27H61N5/c1-22(2)29(15-14-28-27(11,12)13)16-17-30(23(3)4)18-19-31(24(5)6)20-21-32(25(7)8)26(9)10/h22-26,28H,14-21H2,1-13H3. The lowest BCUT2D eigenvalue weighted by Gasteiger charge is -2.37. The quantitative estimate of drug-likeness (QED) is 0.345. The number of hydrogen-bond donors (Lipinski definition) is 1. The molecule has 194 valence electrons. The van der Waals surface area contributed by atoms with Gasteiger partial charge in [0, 0.05) is 88.1 Å². The molecule has 0 radical (unpaired) electrons. The molecule has 0 spiro atoms. The van der Waals surface area contributed by atoms with Crippen molar-refractivity contribution in [1.29, 1.82) is 0 Å². The Labute approximate surface area is 203 Å². The summed E-state index contributed by atoms with van der Waals surface area (Å²) in [6, 6.07) is 2.95. The number of rotatable bonds is 17. The van der Waals surface area contributed by atoms with Gasteiger partial charge in [-0.2, -0.15) is 0 Å². The number of hydrogen-bond acceptors (Lipinski definition) is 5. The summed E-state index contributed by atoms with van der Waals surface area (Å²) < 4.78 is 0. The molecule has 0 aliphatic heterocycles. The van der Waals surface area contributed by atoms with Crippen LogP contribution in [0.1, 0.15) is 90.0 Å². The third-order valence-electron chi connectivity index (χ3n) is 6.57. The average molecular weight is 456 g/mol. The molecule has 0 saturated heterocycles. The SMILES string of the molecule is CC(C)N(CCNC(C)(C)C)CCN(CCN(CCN(C(C)C)C(C)C)C(C)C)C(C)C. The Morgan fingerprint density at radius 3 is 1.06 bits per heavy atom. The lowest BCUT2D eigenvalue weighted by atomic mass is 10.1. The molecule has 5 heteroatoms. The highest BCUT2D eigenvalue weighted by atomic mass is 15.3. The van der Waals surface area contributed by atoms with Crippen molar-refractivity contribution in [3.8, 4) is 0 Å². The van der Waals surface area contributed by atoms with Gasteiger partial charge >= 0.3 is 0 Å². The van der Waals surface area contributed by atoms with Gasteiger partial charge in [0.2, 0.25) is 0 Å². The summed E-state index contributed by atoms with van der Waals surface area (Å²) in [5.74, 6) is 0. The van der Waals surface area contributed by atoms with Crippen molar-refractivity contribution in [3.05, 3.63) is 0 Å². The molecule has 0 rings (SSSR count). The maximum absolute atomic E-state index is 3.64. The second kappa shape index (κ2) is 15.7. The normalized spacial score (nSPS) is 13.7. The first-order valence-electron chi connectivity index (χ1n) is 13.4. The van der Waals surface area contributed by atoms with E-state index >= 15 is 0 Å². The van der Waals surface area contributed by atoms with Crippen LogP contribution in [-0.2, 0) is 0 Å². The van der Waals surface area contributed by atoms with Crippen LogP contribution < -0.4 is 5.32 Å². The molecule has 0 aromatic rings. The van der Waals surface area contributed by atoms with E-state index in [1.165, 1.54) is 0 Å². The Kier molecular flexibility index (Phi) is 15.6. The molecular formula is C27H61N5. The van der Waals surface area contributed by atoms with Gasteiger partial charge in [0.15, 0.2) is 0 Å². The molecule has 5 nitrogen and oxygen atoms in total. The van der Waals surface area contributed by atoms with Crippen molar-refractivity contribution < 1.29 is 0 Å². The van der Waals surface area contributed by atoms with Crippen LogP contribution in [0.5, 0.6) is 0 Å². The Bertz CT molecular complexity index is 445. The Balaban J connectivity index is 4.80. The van der Waals surface area contributed by atoms with E-state index in [1.807, 2.05) is 0 Å². The van der Waals surface area contributed by atoms with Crippen LogP contribution in [0, 0.1) is 0 Å². The second-order valence-corrected chi connectivity index (χ2v) is 12.0. The van der Waals surface area contributed by atoms with Gasteiger partial charge in [-0.1, -0.05) is 0 Å². The molecule has 32 heavy (non-hydrogen) atoms. The predicted molar refractivity (Wildman–Crippen MR) is 145 cm³/mol. The molecule has 1 N–H and O–H groups in total. The largest absolute Gasteiger partial charge is 0.311 e. The van der Waals surface area contributed by atoms with E-state index in [9.17, 15) is 0 Å². The highest BCUT2D eigenvalue weighted by Crippen LogP contribution is 2.09. The van der Waals surface area contributed by atoms with Crippen molar-refractivity contribution in [2.45, 2.75) is 126 Å². The smallest absolute Gasteiger partial charge is 0.0115 e. The summed E-state index contributed by atoms with van der Waals surface area (Å²) in [4.78, 5) is 10.6. The predicted octanol–water partition coefficient (Wildman–Crippen LogP) is 4.62. The highest BCUT2D eigenvalue weighted by Gasteiger charge is 2.19.